The number of rotatable bonds is 7. The molecule has 148 valence electrons. The maximum atomic E-state index is 12.9. The molecule has 28 heavy (non-hydrogen) atoms. The Bertz CT molecular complexity index is 832. The number of hydrogen-bond donors (Lipinski definition) is 2. The Labute approximate surface area is 167 Å². The number of amides is 1. The Kier molecular flexibility index (Phi) is 6.20. The number of phenolic OH excluding ortho intramolecular Hbond substituents is 1. The Balaban J connectivity index is 1.77. The summed E-state index contributed by atoms with van der Waals surface area (Å²) in [6, 6.07) is 6.98. The molecule has 0 saturated carbocycles. The van der Waals surface area contributed by atoms with E-state index in [0.29, 0.717) is 18.8 Å². The highest BCUT2D eigenvalue weighted by Gasteiger charge is 2.48. The van der Waals surface area contributed by atoms with Crippen LogP contribution in [0.2, 0.25) is 0 Å². The molecular weight excluding hydrogens is 350 g/mol. The van der Waals surface area contributed by atoms with Gasteiger partial charge in [-0.25, -0.2) is 0 Å². The Morgan fingerprint density at radius 2 is 2.00 bits per heavy atom. The average molecular weight is 380 g/mol. The summed E-state index contributed by atoms with van der Waals surface area (Å²) in [7, 11) is 0. The van der Waals surface area contributed by atoms with Crippen LogP contribution in [0.3, 0.4) is 0 Å². The molecule has 1 aliphatic carbocycles. The number of hydrogen-bond acceptors (Lipinski definition) is 3. The number of aliphatic hydroxyl groups excluding tert-OH is 1. The molecule has 1 heterocycles. The van der Waals surface area contributed by atoms with Crippen molar-refractivity contribution in [1.29, 1.82) is 0 Å². The van der Waals surface area contributed by atoms with Crippen molar-refractivity contribution in [2.75, 3.05) is 0 Å². The monoisotopic (exact) mass is 379 g/mol. The third kappa shape index (κ3) is 4.12. The average Bonchev–Trinajstić information content (AvgIpc) is 3.11. The molecule has 0 bridgehead atoms. The van der Waals surface area contributed by atoms with Crippen LogP contribution in [0.1, 0.15) is 45.2 Å². The second kappa shape index (κ2) is 8.61. The molecule has 1 amide bonds. The molecule has 1 aromatic rings. The maximum Gasteiger partial charge on any atom is 0.232 e. The molecule has 2 aliphatic rings. The standard InChI is InChI=1S/C24H29NO3/c1-4-5-6-17(3)25-23(18-9-11-20(26)12-10-18)21(24(25)28)13-14-22(27)19-8-7-16(2)15-19/h4-12,15-16,21-23,26-27H,13-14H2,1-3H3/b5-4-,17-6+/t16?,21-,22+,23?/m1/s1. The fourth-order valence-electron chi connectivity index (χ4n) is 4.00. The summed E-state index contributed by atoms with van der Waals surface area (Å²) in [6.07, 6.45) is 12.6. The number of benzene rings is 1. The van der Waals surface area contributed by atoms with Crippen molar-refractivity contribution in [2.24, 2.45) is 11.8 Å². The second-order valence-corrected chi connectivity index (χ2v) is 7.66. The molecule has 3 rings (SSSR count). The van der Waals surface area contributed by atoms with Crippen molar-refractivity contribution in [2.45, 2.75) is 45.8 Å². The van der Waals surface area contributed by atoms with E-state index in [2.05, 4.69) is 19.1 Å². The number of carbonyl (C=O) groups excluding carboxylic acids is 1. The van der Waals surface area contributed by atoms with E-state index < -0.39 is 6.10 Å². The van der Waals surface area contributed by atoms with Crippen LogP contribution in [0.4, 0.5) is 0 Å². The number of aromatic hydroxyl groups is 1. The highest BCUT2D eigenvalue weighted by Crippen LogP contribution is 2.45. The molecule has 1 aliphatic heterocycles. The van der Waals surface area contributed by atoms with Gasteiger partial charge in [0.05, 0.1) is 18.1 Å². The molecular formula is C24H29NO3. The van der Waals surface area contributed by atoms with E-state index in [9.17, 15) is 15.0 Å². The quantitative estimate of drug-likeness (QED) is 0.536. The summed E-state index contributed by atoms with van der Waals surface area (Å²) in [6.45, 7) is 5.96. The molecule has 2 N–H and O–H groups in total. The fourth-order valence-corrected chi connectivity index (χ4v) is 4.00. The molecule has 0 spiro atoms. The van der Waals surface area contributed by atoms with E-state index in [1.807, 2.05) is 55.2 Å². The molecule has 2 unspecified atom stereocenters. The summed E-state index contributed by atoms with van der Waals surface area (Å²) in [4.78, 5) is 14.7. The normalized spacial score (nSPS) is 25.9. The first-order valence-corrected chi connectivity index (χ1v) is 9.92. The van der Waals surface area contributed by atoms with Crippen molar-refractivity contribution in [3.05, 3.63) is 77.6 Å². The fraction of sp³-hybridized carbons (Fsp3) is 0.375. The van der Waals surface area contributed by atoms with E-state index in [1.165, 1.54) is 0 Å². The van der Waals surface area contributed by atoms with Gasteiger partial charge in [-0.05, 0) is 62.0 Å². The number of nitrogens with zero attached hydrogens (tertiary/aromatic N) is 1. The van der Waals surface area contributed by atoms with Gasteiger partial charge >= 0.3 is 0 Å². The van der Waals surface area contributed by atoms with Crippen LogP contribution in [0.25, 0.3) is 0 Å². The predicted octanol–water partition coefficient (Wildman–Crippen LogP) is 4.65. The summed E-state index contributed by atoms with van der Waals surface area (Å²) in [5.74, 6) is 0.488. The van der Waals surface area contributed by atoms with Crippen LogP contribution >= 0.6 is 0 Å². The Morgan fingerprint density at radius 3 is 2.61 bits per heavy atom. The van der Waals surface area contributed by atoms with Gasteiger partial charge in [0, 0.05) is 5.70 Å². The first-order valence-electron chi connectivity index (χ1n) is 9.92. The predicted molar refractivity (Wildman–Crippen MR) is 111 cm³/mol. The molecule has 4 heteroatoms. The Morgan fingerprint density at radius 1 is 1.29 bits per heavy atom. The van der Waals surface area contributed by atoms with Gasteiger partial charge in [0.25, 0.3) is 0 Å². The first-order chi connectivity index (χ1) is 13.4. The number of aliphatic hydroxyl groups is 1. The highest BCUT2D eigenvalue weighted by atomic mass is 16.3. The third-order valence-electron chi connectivity index (χ3n) is 5.54. The van der Waals surface area contributed by atoms with Gasteiger partial charge in [0.15, 0.2) is 0 Å². The smallest absolute Gasteiger partial charge is 0.232 e. The molecule has 1 saturated heterocycles. The molecule has 1 aromatic carbocycles. The van der Waals surface area contributed by atoms with Crippen molar-refractivity contribution in [3.63, 3.8) is 0 Å². The van der Waals surface area contributed by atoms with E-state index in [4.69, 9.17) is 0 Å². The van der Waals surface area contributed by atoms with Crippen molar-refractivity contribution in [1.82, 2.24) is 4.90 Å². The third-order valence-corrected chi connectivity index (χ3v) is 5.54. The van der Waals surface area contributed by atoms with Crippen molar-refractivity contribution in [3.8, 4) is 5.75 Å². The molecule has 4 atom stereocenters. The van der Waals surface area contributed by atoms with E-state index in [0.717, 1.165) is 16.8 Å². The van der Waals surface area contributed by atoms with E-state index in [1.54, 1.807) is 12.1 Å². The van der Waals surface area contributed by atoms with Crippen LogP contribution in [-0.4, -0.2) is 27.1 Å². The van der Waals surface area contributed by atoms with E-state index in [-0.39, 0.29) is 23.6 Å². The van der Waals surface area contributed by atoms with Gasteiger partial charge < -0.3 is 15.1 Å². The van der Waals surface area contributed by atoms with Gasteiger partial charge in [0.2, 0.25) is 5.91 Å². The van der Waals surface area contributed by atoms with E-state index >= 15 is 0 Å². The van der Waals surface area contributed by atoms with Crippen LogP contribution in [0, 0.1) is 11.8 Å². The van der Waals surface area contributed by atoms with Gasteiger partial charge in [-0.2, -0.15) is 0 Å². The van der Waals surface area contributed by atoms with Crippen molar-refractivity contribution < 1.29 is 15.0 Å². The zero-order valence-electron chi connectivity index (χ0n) is 16.7. The van der Waals surface area contributed by atoms with Crippen LogP contribution in [0.15, 0.2) is 72.0 Å². The van der Waals surface area contributed by atoms with Gasteiger partial charge in [0.1, 0.15) is 5.75 Å². The lowest BCUT2D eigenvalue weighted by Gasteiger charge is -2.48. The summed E-state index contributed by atoms with van der Waals surface area (Å²) in [5.41, 5.74) is 2.84. The summed E-state index contributed by atoms with van der Waals surface area (Å²) < 4.78 is 0. The zero-order valence-corrected chi connectivity index (χ0v) is 16.7. The van der Waals surface area contributed by atoms with Crippen LogP contribution in [0.5, 0.6) is 5.75 Å². The molecule has 0 aromatic heterocycles. The maximum absolute atomic E-state index is 12.9. The minimum absolute atomic E-state index is 0.0752. The highest BCUT2D eigenvalue weighted by molar-refractivity contribution is 5.88. The SMILES string of the molecule is C/C=C\C=C(/C)N1C(=O)[C@H](CC[C@H](O)C2=CC(C)C=C2)C1c1ccc(O)cc1. The van der Waals surface area contributed by atoms with Crippen LogP contribution in [-0.2, 0) is 4.79 Å². The van der Waals surface area contributed by atoms with Crippen LogP contribution < -0.4 is 0 Å². The number of allylic oxidation sites excluding steroid dienone is 6. The lowest BCUT2D eigenvalue weighted by atomic mass is 9.78. The summed E-state index contributed by atoms with van der Waals surface area (Å²) in [5, 5.41) is 20.1. The topological polar surface area (TPSA) is 60.8 Å². The first kappa shape index (κ1) is 20.2. The lowest BCUT2D eigenvalue weighted by molar-refractivity contribution is -0.153. The number of phenols is 1. The van der Waals surface area contributed by atoms with Gasteiger partial charge in [-0.3, -0.25) is 4.79 Å². The van der Waals surface area contributed by atoms with Gasteiger partial charge in [-0.15, -0.1) is 0 Å². The summed E-state index contributed by atoms with van der Waals surface area (Å²) >= 11 is 0. The number of β-lactam (4-membered cyclic amide) rings is 1. The molecule has 0 radical (unpaired) electrons. The second-order valence-electron chi connectivity index (χ2n) is 7.66. The number of carbonyl (C=O) groups is 1. The number of likely N-dealkylation sites (tertiary alicyclic amines) is 1. The largest absolute Gasteiger partial charge is 0.508 e. The lowest BCUT2D eigenvalue weighted by Crippen LogP contribution is -2.53. The minimum atomic E-state index is -0.539. The molecule has 4 nitrogen and oxygen atoms in total. The Hall–Kier alpha value is -2.59. The van der Waals surface area contributed by atoms with Crippen molar-refractivity contribution >= 4 is 5.91 Å². The van der Waals surface area contributed by atoms with Gasteiger partial charge in [-0.1, -0.05) is 49.4 Å². The zero-order chi connectivity index (χ0) is 20.3. The minimum Gasteiger partial charge on any atom is -0.508 e. The molecule has 1 fully saturated rings.